The number of H-pyrrole nitrogens is 1. The summed E-state index contributed by atoms with van der Waals surface area (Å²) >= 11 is 0. The second-order valence-electron chi connectivity index (χ2n) is 8.88. The average Bonchev–Trinajstić information content (AvgIpc) is 3.26. The van der Waals surface area contributed by atoms with E-state index in [0.717, 1.165) is 34.2 Å². The molecule has 0 spiro atoms. The van der Waals surface area contributed by atoms with Crippen LogP contribution in [0.1, 0.15) is 24.0 Å². The van der Waals surface area contributed by atoms with Crippen LogP contribution in [0.5, 0.6) is 11.5 Å². The molecular weight excluding hydrogens is 450 g/mol. The monoisotopic (exact) mass is 479 g/mol. The second kappa shape index (κ2) is 10.1. The molecule has 36 heavy (non-hydrogen) atoms. The summed E-state index contributed by atoms with van der Waals surface area (Å²) in [5, 5.41) is 5.26. The molecule has 0 aliphatic carbocycles. The number of methoxy groups -OCH3 is 2. The lowest BCUT2D eigenvalue weighted by Crippen LogP contribution is -2.12. The number of nitrogens with one attached hydrogen (secondary N) is 2. The van der Waals surface area contributed by atoms with Gasteiger partial charge in [0.15, 0.2) is 0 Å². The van der Waals surface area contributed by atoms with E-state index in [1.807, 2.05) is 18.2 Å². The lowest BCUT2D eigenvalue weighted by atomic mass is 10.0. The van der Waals surface area contributed by atoms with Crippen LogP contribution in [-0.4, -0.2) is 30.1 Å². The van der Waals surface area contributed by atoms with Crippen molar-refractivity contribution < 1.29 is 14.3 Å². The number of aromatic nitrogens is 2. The Balaban J connectivity index is 1.38. The third-order valence-electron chi connectivity index (χ3n) is 6.43. The minimum absolute atomic E-state index is 0.0557. The van der Waals surface area contributed by atoms with Gasteiger partial charge in [0, 0.05) is 28.8 Å². The number of benzene rings is 3. The lowest BCUT2D eigenvalue weighted by molar-refractivity contribution is -0.116. The first kappa shape index (κ1) is 23.4. The van der Waals surface area contributed by atoms with Crippen LogP contribution in [-0.2, 0) is 11.2 Å². The summed E-state index contributed by atoms with van der Waals surface area (Å²) < 4.78 is 10.6. The summed E-state index contributed by atoms with van der Waals surface area (Å²) in [6.45, 7) is 2.10. The molecule has 0 aliphatic rings. The third-order valence-corrected chi connectivity index (χ3v) is 6.43. The molecule has 1 amide bonds. The van der Waals surface area contributed by atoms with Gasteiger partial charge in [-0.05, 0) is 61.7 Å². The number of anilines is 1. The number of hydrogen-bond donors (Lipinski definition) is 2. The highest BCUT2D eigenvalue weighted by atomic mass is 16.5. The first-order chi connectivity index (χ1) is 17.6. The Bertz CT molecular complexity index is 1550. The molecule has 2 aromatic heterocycles. The van der Waals surface area contributed by atoms with E-state index >= 15 is 0 Å². The molecule has 5 rings (SSSR count). The number of rotatable bonds is 8. The quantitative estimate of drug-likeness (QED) is 0.261. The van der Waals surface area contributed by atoms with Gasteiger partial charge < -0.3 is 19.8 Å². The number of aryl methyl sites for hydroxylation is 2. The van der Waals surface area contributed by atoms with Crippen molar-refractivity contribution in [2.24, 2.45) is 0 Å². The average molecular weight is 480 g/mol. The van der Waals surface area contributed by atoms with Crippen LogP contribution in [0.15, 0.2) is 72.8 Å². The topological polar surface area (TPSA) is 76.2 Å². The molecule has 0 unspecified atom stereocenters. The van der Waals surface area contributed by atoms with Gasteiger partial charge in [-0.1, -0.05) is 35.9 Å². The van der Waals surface area contributed by atoms with Gasteiger partial charge in [0.05, 0.1) is 36.8 Å². The molecule has 0 bridgehead atoms. The summed E-state index contributed by atoms with van der Waals surface area (Å²) in [4.78, 5) is 21.3. The van der Waals surface area contributed by atoms with Crippen LogP contribution in [0, 0.1) is 6.92 Å². The fourth-order valence-corrected chi connectivity index (χ4v) is 4.59. The molecule has 6 nitrogen and oxygen atoms in total. The van der Waals surface area contributed by atoms with E-state index in [4.69, 9.17) is 14.5 Å². The normalized spacial score (nSPS) is 11.1. The number of pyridine rings is 1. The van der Waals surface area contributed by atoms with Crippen LogP contribution in [0.25, 0.3) is 33.2 Å². The maximum atomic E-state index is 12.8. The highest BCUT2D eigenvalue weighted by molar-refractivity contribution is 5.93. The van der Waals surface area contributed by atoms with Gasteiger partial charge in [0.25, 0.3) is 0 Å². The fraction of sp³-hybridized carbons (Fsp3) is 0.200. The molecule has 0 saturated heterocycles. The minimum atomic E-state index is -0.0557. The van der Waals surface area contributed by atoms with E-state index in [1.54, 1.807) is 32.4 Å². The van der Waals surface area contributed by atoms with Gasteiger partial charge in [0.1, 0.15) is 11.5 Å². The zero-order valence-corrected chi connectivity index (χ0v) is 20.7. The van der Waals surface area contributed by atoms with E-state index in [9.17, 15) is 4.79 Å². The predicted octanol–water partition coefficient (Wildman–Crippen LogP) is 6.67. The van der Waals surface area contributed by atoms with Crippen molar-refractivity contribution in [1.82, 2.24) is 9.97 Å². The molecule has 0 atom stereocenters. The molecule has 6 heteroatoms. The van der Waals surface area contributed by atoms with Gasteiger partial charge in [-0.2, -0.15) is 0 Å². The van der Waals surface area contributed by atoms with Crippen LogP contribution >= 0.6 is 0 Å². The van der Waals surface area contributed by atoms with Crippen molar-refractivity contribution >= 4 is 33.4 Å². The molecule has 0 aliphatic heterocycles. The van der Waals surface area contributed by atoms with Crippen molar-refractivity contribution in [3.05, 3.63) is 83.9 Å². The molecule has 0 fully saturated rings. The number of carbonyl (C=O) groups is 1. The fourth-order valence-electron chi connectivity index (χ4n) is 4.59. The number of aromatic amines is 1. The van der Waals surface area contributed by atoms with Crippen LogP contribution in [0.3, 0.4) is 0 Å². The van der Waals surface area contributed by atoms with Crippen LogP contribution in [0.4, 0.5) is 5.69 Å². The third kappa shape index (κ3) is 4.75. The van der Waals surface area contributed by atoms with Crippen molar-refractivity contribution in [1.29, 1.82) is 0 Å². The summed E-state index contributed by atoms with van der Waals surface area (Å²) in [5.41, 5.74) is 6.98. The Morgan fingerprint density at radius 2 is 1.83 bits per heavy atom. The van der Waals surface area contributed by atoms with Gasteiger partial charge in [-0.3, -0.25) is 4.79 Å². The Morgan fingerprint density at radius 3 is 2.67 bits per heavy atom. The number of fused-ring (bicyclic) bond motifs is 2. The Labute approximate surface area is 210 Å². The Hall–Kier alpha value is -4.32. The van der Waals surface area contributed by atoms with Crippen molar-refractivity contribution in [3.8, 4) is 22.9 Å². The Morgan fingerprint density at radius 1 is 0.972 bits per heavy atom. The highest BCUT2D eigenvalue weighted by Gasteiger charge is 2.16. The largest absolute Gasteiger partial charge is 0.497 e. The molecule has 0 radical (unpaired) electrons. The van der Waals surface area contributed by atoms with Gasteiger partial charge >= 0.3 is 0 Å². The second-order valence-corrected chi connectivity index (χ2v) is 8.88. The van der Waals surface area contributed by atoms with Gasteiger partial charge in [-0.25, -0.2) is 4.98 Å². The van der Waals surface area contributed by atoms with Crippen LogP contribution in [0.2, 0.25) is 0 Å². The van der Waals surface area contributed by atoms with E-state index in [0.29, 0.717) is 30.0 Å². The van der Waals surface area contributed by atoms with Crippen molar-refractivity contribution in [2.45, 2.75) is 26.2 Å². The van der Waals surface area contributed by atoms with E-state index in [-0.39, 0.29) is 5.91 Å². The zero-order valence-electron chi connectivity index (χ0n) is 20.7. The Kier molecular flexibility index (Phi) is 6.58. The maximum absolute atomic E-state index is 12.8. The van der Waals surface area contributed by atoms with Gasteiger partial charge in [-0.15, -0.1) is 0 Å². The number of ether oxygens (including phenoxy) is 2. The summed E-state index contributed by atoms with van der Waals surface area (Å²) in [5.74, 6) is 1.19. The minimum Gasteiger partial charge on any atom is -0.497 e. The molecule has 5 aromatic rings. The molecule has 2 N–H and O–H groups in total. The molecule has 3 aromatic carbocycles. The zero-order chi connectivity index (χ0) is 25.1. The highest BCUT2D eigenvalue weighted by Crippen LogP contribution is 2.33. The maximum Gasteiger partial charge on any atom is 0.224 e. The number of nitrogens with zero attached hydrogens (tertiary/aromatic N) is 1. The van der Waals surface area contributed by atoms with E-state index < -0.39 is 0 Å². The SMILES string of the molecule is COc1ccc(NC(=O)CCCc2c(-c3ccc4ccccc4n3)[nH]c3ccc(C)cc23)c(OC)c1. The molecular formula is C30H29N3O3. The van der Waals surface area contributed by atoms with Crippen molar-refractivity contribution in [3.63, 3.8) is 0 Å². The standard InChI is InChI=1S/C30H29N3O3/c1-19-11-14-25-23(17-19)22(30(33-25)27-15-12-20-7-4-5-9-24(20)31-27)8-6-10-29(34)32-26-16-13-21(35-2)18-28(26)36-3/h4-5,7,9,11-18,33H,6,8,10H2,1-3H3,(H,32,34). The first-order valence-electron chi connectivity index (χ1n) is 12.0. The molecule has 0 saturated carbocycles. The van der Waals surface area contributed by atoms with Gasteiger partial charge in [0.2, 0.25) is 5.91 Å². The molecule has 2 heterocycles. The summed E-state index contributed by atoms with van der Waals surface area (Å²) in [7, 11) is 3.17. The smallest absolute Gasteiger partial charge is 0.224 e. The number of hydrogen-bond acceptors (Lipinski definition) is 4. The lowest BCUT2D eigenvalue weighted by Gasteiger charge is -2.12. The van der Waals surface area contributed by atoms with Crippen molar-refractivity contribution in [2.75, 3.05) is 19.5 Å². The summed E-state index contributed by atoms with van der Waals surface area (Å²) in [6.07, 6.45) is 1.84. The number of carbonyl (C=O) groups excluding carboxylic acids is 1. The summed E-state index contributed by atoms with van der Waals surface area (Å²) in [6, 6.07) is 24.1. The first-order valence-corrected chi connectivity index (χ1v) is 12.0. The number of para-hydroxylation sites is 1. The predicted molar refractivity (Wildman–Crippen MR) is 145 cm³/mol. The number of amides is 1. The van der Waals surface area contributed by atoms with E-state index in [2.05, 4.69) is 53.6 Å². The van der Waals surface area contributed by atoms with Crippen LogP contribution < -0.4 is 14.8 Å². The molecule has 182 valence electrons. The van der Waals surface area contributed by atoms with E-state index in [1.165, 1.54) is 16.5 Å².